The average Bonchev–Trinajstić information content (AvgIpc) is 3.00. The Balaban J connectivity index is 1.65. The molecule has 0 aromatic carbocycles. The van der Waals surface area contributed by atoms with Crippen molar-refractivity contribution in [1.29, 1.82) is 0 Å². The van der Waals surface area contributed by atoms with E-state index in [1.54, 1.807) is 5.56 Å². The molecule has 1 N–H and O–H groups in total. The second kappa shape index (κ2) is 5.11. The van der Waals surface area contributed by atoms with Crippen LogP contribution in [0.15, 0.2) is 16.8 Å². The zero-order valence-corrected chi connectivity index (χ0v) is 11.5. The largest absolute Gasteiger partial charge is 0.314 e. The molecule has 0 saturated heterocycles. The van der Waals surface area contributed by atoms with E-state index in [0.29, 0.717) is 0 Å². The Kier molecular flexibility index (Phi) is 3.53. The third-order valence-electron chi connectivity index (χ3n) is 4.47. The Morgan fingerprint density at radius 2 is 2.18 bits per heavy atom. The predicted octanol–water partition coefficient (Wildman–Crippen LogP) is 4.02. The van der Waals surface area contributed by atoms with Crippen LogP contribution in [0.5, 0.6) is 0 Å². The molecule has 2 aliphatic rings. The van der Waals surface area contributed by atoms with Crippen molar-refractivity contribution in [3.05, 3.63) is 22.4 Å². The van der Waals surface area contributed by atoms with Crippen molar-refractivity contribution in [2.75, 3.05) is 6.54 Å². The van der Waals surface area contributed by atoms with Gasteiger partial charge in [0.25, 0.3) is 0 Å². The molecule has 0 aliphatic heterocycles. The first-order valence-corrected chi connectivity index (χ1v) is 8.02. The molecule has 2 fully saturated rings. The highest BCUT2D eigenvalue weighted by atomic mass is 32.1. The van der Waals surface area contributed by atoms with Gasteiger partial charge in [0.15, 0.2) is 0 Å². The quantitative estimate of drug-likeness (QED) is 0.850. The summed E-state index contributed by atoms with van der Waals surface area (Å²) in [7, 11) is 0. The molecule has 2 heteroatoms. The third-order valence-corrected chi connectivity index (χ3v) is 5.17. The maximum atomic E-state index is 3.74. The van der Waals surface area contributed by atoms with Gasteiger partial charge in [-0.2, -0.15) is 11.3 Å². The fourth-order valence-corrected chi connectivity index (χ4v) is 3.91. The van der Waals surface area contributed by atoms with Crippen molar-refractivity contribution in [3.8, 4) is 0 Å². The smallest absolute Gasteiger partial charge is 0.00683 e. The lowest BCUT2D eigenvalue weighted by atomic mass is 9.72. The molecular weight excluding hydrogens is 226 g/mol. The highest BCUT2D eigenvalue weighted by Crippen LogP contribution is 2.41. The van der Waals surface area contributed by atoms with Gasteiger partial charge in [-0.05, 0) is 72.4 Å². The summed E-state index contributed by atoms with van der Waals surface area (Å²) < 4.78 is 0. The summed E-state index contributed by atoms with van der Waals surface area (Å²) in [5.74, 6) is 2.61. The molecule has 3 unspecified atom stereocenters. The third kappa shape index (κ3) is 2.92. The first-order chi connectivity index (χ1) is 8.33. The molecule has 1 aromatic rings. The predicted molar refractivity (Wildman–Crippen MR) is 74.6 cm³/mol. The first kappa shape index (κ1) is 11.7. The van der Waals surface area contributed by atoms with Crippen LogP contribution in [-0.4, -0.2) is 12.6 Å². The number of nitrogens with one attached hydrogen (secondary N) is 1. The van der Waals surface area contributed by atoms with Gasteiger partial charge < -0.3 is 5.32 Å². The first-order valence-electron chi connectivity index (χ1n) is 7.08. The Morgan fingerprint density at radius 1 is 1.29 bits per heavy atom. The number of rotatable bonds is 4. The maximum Gasteiger partial charge on any atom is 0.00683 e. The molecule has 17 heavy (non-hydrogen) atoms. The van der Waals surface area contributed by atoms with Crippen LogP contribution in [0.2, 0.25) is 0 Å². The second-order valence-corrected chi connectivity index (χ2v) is 6.80. The molecule has 0 radical (unpaired) electrons. The van der Waals surface area contributed by atoms with Crippen LogP contribution in [0.4, 0.5) is 0 Å². The highest BCUT2D eigenvalue weighted by molar-refractivity contribution is 7.07. The van der Waals surface area contributed by atoms with Crippen LogP contribution in [0.25, 0.3) is 0 Å². The van der Waals surface area contributed by atoms with Gasteiger partial charge in [0.1, 0.15) is 0 Å². The standard InChI is InChI=1S/C15H23NS/c1-11-2-3-12(9-16-14-4-5-14)15(8-11)13-6-7-17-10-13/h6-7,10-12,14-16H,2-5,8-9H2,1H3. The van der Waals surface area contributed by atoms with Gasteiger partial charge >= 0.3 is 0 Å². The summed E-state index contributed by atoms with van der Waals surface area (Å²) in [5.41, 5.74) is 1.60. The van der Waals surface area contributed by atoms with Crippen LogP contribution in [0.1, 0.15) is 50.5 Å². The summed E-state index contributed by atoms with van der Waals surface area (Å²) in [6, 6.07) is 3.20. The molecule has 2 aliphatic carbocycles. The molecule has 3 rings (SSSR count). The van der Waals surface area contributed by atoms with E-state index in [9.17, 15) is 0 Å². The maximum absolute atomic E-state index is 3.74. The van der Waals surface area contributed by atoms with Crippen molar-refractivity contribution in [3.63, 3.8) is 0 Å². The van der Waals surface area contributed by atoms with Gasteiger partial charge in [0.2, 0.25) is 0 Å². The number of thiophene rings is 1. The van der Waals surface area contributed by atoms with E-state index < -0.39 is 0 Å². The molecule has 0 spiro atoms. The van der Waals surface area contributed by atoms with Crippen LogP contribution >= 0.6 is 11.3 Å². The number of hydrogen-bond acceptors (Lipinski definition) is 2. The Bertz CT molecular complexity index is 342. The Hall–Kier alpha value is -0.340. The Labute approximate surface area is 109 Å². The van der Waals surface area contributed by atoms with Crippen molar-refractivity contribution in [2.24, 2.45) is 11.8 Å². The van der Waals surface area contributed by atoms with Crippen LogP contribution in [0.3, 0.4) is 0 Å². The van der Waals surface area contributed by atoms with Gasteiger partial charge in [-0.3, -0.25) is 0 Å². The lowest BCUT2D eigenvalue weighted by Gasteiger charge is -2.35. The van der Waals surface area contributed by atoms with E-state index in [4.69, 9.17) is 0 Å². The van der Waals surface area contributed by atoms with Crippen molar-refractivity contribution >= 4 is 11.3 Å². The summed E-state index contributed by atoms with van der Waals surface area (Å²) in [6.45, 7) is 3.67. The van der Waals surface area contributed by atoms with Gasteiger partial charge in [0, 0.05) is 6.04 Å². The Morgan fingerprint density at radius 3 is 2.88 bits per heavy atom. The zero-order chi connectivity index (χ0) is 11.7. The van der Waals surface area contributed by atoms with E-state index in [-0.39, 0.29) is 0 Å². The highest BCUT2D eigenvalue weighted by Gasteiger charge is 2.31. The monoisotopic (exact) mass is 249 g/mol. The summed E-state index contributed by atoms with van der Waals surface area (Å²) in [4.78, 5) is 0. The second-order valence-electron chi connectivity index (χ2n) is 6.02. The van der Waals surface area contributed by atoms with Crippen LogP contribution in [-0.2, 0) is 0 Å². The molecule has 0 amide bonds. The van der Waals surface area contributed by atoms with E-state index in [1.165, 1.54) is 38.6 Å². The molecular formula is C15H23NS. The average molecular weight is 249 g/mol. The SMILES string of the molecule is CC1CCC(CNC2CC2)C(c2ccsc2)C1. The normalized spacial score (nSPS) is 33.8. The zero-order valence-electron chi connectivity index (χ0n) is 10.7. The van der Waals surface area contributed by atoms with Crippen molar-refractivity contribution in [2.45, 2.75) is 51.0 Å². The summed E-state index contributed by atoms with van der Waals surface area (Å²) >= 11 is 1.85. The minimum atomic E-state index is 0.816. The minimum Gasteiger partial charge on any atom is -0.314 e. The van der Waals surface area contributed by atoms with Gasteiger partial charge in [-0.25, -0.2) is 0 Å². The van der Waals surface area contributed by atoms with E-state index in [1.807, 2.05) is 11.3 Å². The molecule has 1 nitrogen and oxygen atoms in total. The topological polar surface area (TPSA) is 12.0 Å². The molecule has 3 atom stereocenters. The van der Waals surface area contributed by atoms with Crippen LogP contribution < -0.4 is 5.32 Å². The fraction of sp³-hybridized carbons (Fsp3) is 0.733. The van der Waals surface area contributed by atoms with Crippen molar-refractivity contribution < 1.29 is 0 Å². The summed E-state index contributed by atoms with van der Waals surface area (Å²) in [6.07, 6.45) is 7.06. The minimum absolute atomic E-state index is 0.816. The molecule has 1 heterocycles. The molecule has 94 valence electrons. The van der Waals surface area contributed by atoms with E-state index >= 15 is 0 Å². The van der Waals surface area contributed by atoms with Gasteiger partial charge in [0.05, 0.1) is 0 Å². The van der Waals surface area contributed by atoms with E-state index in [0.717, 1.165) is 23.8 Å². The van der Waals surface area contributed by atoms with E-state index in [2.05, 4.69) is 29.1 Å². The van der Waals surface area contributed by atoms with Crippen LogP contribution in [0, 0.1) is 11.8 Å². The molecule has 0 bridgehead atoms. The molecule has 2 saturated carbocycles. The molecule has 1 aromatic heterocycles. The van der Waals surface area contributed by atoms with Gasteiger partial charge in [-0.1, -0.05) is 13.3 Å². The van der Waals surface area contributed by atoms with Gasteiger partial charge in [-0.15, -0.1) is 0 Å². The lowest BCUT2D eigenvalue weighted by Crippen LogP contribution is -2.32. The fourth-order valence-electron chi connectivity index (χ4n) is 3.19. The van der Waals surface area contributed by atoms with Crippen molar-refractivity contribution in [1.82, 2.24) is 5.32 Å². The lowest BCUT2D eigenvalue weighted by molar-refractivity contribution is 0.241. The number of hydrogen-bond donors (Lipinski definition) is 1. The summed E-state index contributed by atoms with van der Waals surface area (Å²) in [5, 5.41) is 8.34.